The van der Waals surface area contributed by atoms with Crippen molar-refractivity contribution in [2.75, 3.05) is 0 Å². The van der Waals surface area contributed by atoms with Gasteiger partial charge in [-0.05, 0) is 44.5 Å². The van der Waals surface area contributed by atoms with E-state index >= 15 is 0 Å². The van der Waals surface area contributed by atoms with Gasteiger partial charge in [0.25, 0.3) is 0 Å². The molecule has 0 N–H and O–H groups in total. The number of benzene rings is 2. The van der Waals surface area contributed by atoms with Crippen LogP contribution < -0.4 is 0 Å². The normalized spacial score (nSPS) is 11.5. The van der Waals surface area contributed by atoms with Crippen LogP contribution in [0.1, 0.15) is 20.8 Å². The number of rotatable bonds is 3. The number of nitrogens with zero attached hydrogens (tertiary/aromatic N) is 4. The average molecular weight is 322 g/mol. The predicted molar refractivity (Wildman–Crippen MR) is 94.1 cm³/mol. The van der Waals surface area contributed by atoms with E-state index in [0.29, 0.717) is 5.69 Å². The molecule has 0 aliphatic rings. The minimum absolute atomic E-state index is 0.127. The van der Waals surface area contributed by atoms with Gasteiger partial charge in [0, 0.05) is 32.4 Å². The molecule has 122 valence electrons. The lowest BCUT2D eigenvalue weighted by Crippen LogP contribution is -2.26. The van der Waals surface area contributed by atoms with Gasteiger partial charge < -0.3 is 9.30 Å². The highest BCUT2D eigenvalue weighted by Crippen LogP contribution is 2.32. The highest BCUT2D eigenvalue weighted by molar-refractivity contribution is 6.09. The third-order valence-electron chi connectivity index (χ3n) is 3.62. The third kappa shape index (κ3) is 3.05. The van der Waals surface area contributed by atoms with Crippen molar-refractivity contribution in [3.8, 4) is 0 Å². The van der Waals surface area contributed by atoms with E-state index in [9.17, 15) is 4.79 Å². The summed E-state index contributed by atoms with van der Waals surface area (Å²) in [5.74, 6) is -0.288. The zero-order chi connectivity index (χ0) is 17.3. The van der Waals surface area contributed by atoms with E-state index in [1.165, 1.54) is 0 Å². The van der Waals surface area contributed by atoms with Crippen molar-refractivity contribution in [1.82, 2.24) is 4.57 Å². The molecule has 0 saturated carbocycles. The van der Waals surface area contributed by atoms with E-state index in [1.54, 1.807) is 6.07 Å². The highest BCUT2D eigenvalue weighted by Gasteiger charge is 2.19. The molecule has 0 radical (unpaired) electrons. The van der Waals surface area contributed by atoms with Crippen LogP contribution in [0.3, 0.4) is 0 Å². The number of fused-ring (bicyclic) bond motifs is 3. The van der Waals surface area contributed by atoms with Crippen molar-refractivity contribution < 1.29 is 9.53 Å². The summed E-state index contributed by atoms with van der Waals surface area (Å²) in [6.07, 6.45) is 0. The fraction of sp³-hybridized carbons (Fsp3) is 0.278. The Morgan fingerprint density at radius 1 is 1.17 bits per heavy atom. The Bertz CT molecular complexity index is 976. The summed E-state index contributed by atoms with van der Waals surface area (Å²) in [6, 6.07) is 13.3. The van der Waals surface area contributed by atoms with Gasteiger partial charge in [0.15, 0.2) is 0 Å². The summed E-state index contributed by atoms with van der Waals surface area (Å²) in [7, 11) is 0. The first kappa shape index (κ1) is 15.9. The minimum Gasteiger partial charge on any atom is -0.459 e. The SMILES string of the molecule is CC(C)(C)OC(=O)Cn1c2ccccc2c2cc(N=[N+]=[N-])ccc21. The number of carbonyl (C=O) groups is 1. The largest absolute Gasteiger partial charge is 0.459 e. The zero-order valence-corrected chi connectivity index (χ0v) is 13.9. The molecule has 0 fully saturated rings. The van der Waals surface area contributed by atoms with Crippen molar-refractivity contribution in [1.29, 1.82) is 0 Å². The monoisotopic (exact) mass is 322 g/mol. The van der Waals surface area contributed by atoms with Gasteiger partial charge in [-0.1, -0.05) is 29.4 Å². The molecule has 0 saturated heterocycles. The summed E-state index contributed by atoms with van der Waals surface area (Å²) in [6.45, 7) is 5.68. The zero-order valence-electron chi connectivity index (χ0n) is 13.9. The Labute approximate surface area is 139 Å². The number of azide groups is 1. The fourth-order valence-corrected chi connectivity index (χ4v) is 2.83. The molecule has 0 unspecified atom stereocenters. The van der Waals surface area contributed by atoms with Crippen LogP contribution in [-0.4, -0.2) is 16.1 Å². The maximum atomic E-state index is 12.3. The lowest BCUT2D eigenvalue weighted by atomic mass is 10.1. The molecule has 0 spiro atoms. The second kappa shape index (κ2) is 5.91. The molecule has 3 aromatic rings. The molecule has 3 rings (SSSR count). The van der Waals surface area contributed by atoms with Crippen molar-refractivity contribution in [3.63, 3.8) is 0 Å². The number of carbonyl (C=O) groups excluding carboxylic acids is 1. The standard InChI is InChI=1S/C18H18N4O2/c1-18(2,3)24-17(23)11-22-15-7-5-4-6-13(15)14-10-12(20-21-19)8-9-16(14)22/h4-10H,11H2,1-3H3. The van der Waals surface area contributed by atoms with Crippen molar-refractivity contribution >= 4 is 33.5 Å². The summed E-state index contributed by atoms with van der Waals surface area (Å²) >= 11 is 0. The van der Waals surface area contributed by atoms with Crippen LogP contribution in [0.25, 0.3) is 32.2 Å². The van der Waals surface area contributed by atoms with Crippen LogP contribution in [0.4, 0.5) is 5.69 Å². The van der Waals surface area contributed by atoms with Gasteiger partial charge in [-0.2, -0.15) is 0 Å². The van der Waals surface area contributed by atoms with Crippen LogP contribution in [0.2, 0.25) is 0 Å². The van der Waals surface area contributed by atoms with Crippen molar-refractivity contribution in [2.24, 2.45) is 5.11 Å². The molecule has 0 atom stereocenters. The van der Waals surface area contributed by atoms with Crippen molar-refractivity contribution in [2.45, 2.75) is 32.9 Å². The average Bonchev–Trinajstić information content (AvgIpc) is 2.80. The van der Waals surface area contributed by atoms with E-state index in [4.69, 9.17) is 10.3 Å². The molecule has 0 aliphatic heterocycles. The van der Waals surface area contributed by atoms with Gasteiger partial charge in [0.05, 0.1) is 0 Å². The number of ether oxygens (including phenoxy) is 1. The van der Waals surface area contributed by atoms with Crippen LogP contribution in [-0.2, 0) is 16.1 Å². The summed E-state index contributed by atoms with van der Waals surface area (Å²) < 4.78 is 7.37. The highest BCUT2D eigenvalue weighted by atomic mass is 16.6. The van der Waals surface area contributed by atoms with E-state index in [2.05, 4.69) is 10.0 Å². The molecular formula is C18H18N4O2. The number of aromatic nitrogens is 1. The van der Waals surface area contributed by atoms with Gasteiger partial charge in [-0.15, -0.1) is 0 Å². The van der Waals surface area contributed by atoms with Crippen LogP contribution in [0, 0.1) is 0 Å². The van der Waals surface area contributed by atoms with Gasteiger partial charge in [0.1, 0.15) is 12.1 Å². The van der Waals surface area contributed by atoms with Crippen LogP contribution >= 0.6 is 0 Å². The van der Waals surface area contributed by atoms with Gasteiger partial charge in [-0.25, -0.2) is 0 Å². The summed E-state index contributed by atoms with van der Waals surface area (Å²) in [4.78, 5) is 15.1. The van der Waals surface area contributed by atoms with Crippen LogP contribution in [0.5, 0.6) is 0 Å². The maximum absolute atomic E-state index is 12.3. The van der Waals surface area contributed by atoms with Gasteiger partial charge >= 0.3 is 5.97 Å². The molecule has 1 heterocycles. The first-order valence-electron chi connectivity index (χ1n) is 7.67. The maximum Gasteiger partial charge on any atom is 0.326 e. The quantitative estimate of drug-likeness (QED) is 0.292. The Kier molecular flexibility index (Phi) is 3.91. The molecule has 24 heavy (non-hydrogen) atoms. The minimum atomic E-state index is -0.523. The van der Waals surface area contributed by atoms with E-state index in [1.807, 2.05) is 61.7 Å². The predicted octanol–water partition coefficient (Wildman–Crippen LogP) is 5.08. The summed E-state index contributed by atoms with van der Waals surface area (Å²) in [5.41, 5.74) is 10.5. The molecule has 6 nitrogen and oxygen atoms in total. The van der Waals surface area contributed by atoms with E-state index < -0.39 is 5.60 Å². The molecule has 0 aliphatic carbocycles. The first-order valence-corrected chi connectivity index (χ1v) is 7.67. The molecular weight excluding hydrogens is 304 g/mol. The second-order valence-corrected chi connectivity index (χ2v) is 6.58. The molecule has 0 amide bonds. The summed E-state index contributed by atoms with van der Waals surface area (Å²) in [5, 5.41) is 5.61. The fourth-order valence-electron chi connectivity index (χ4n) is 2.83. The lowest BCUT2D eigenvalue weighted by Gasteiger charge is -2.20. The number of hydrogen-bond acceptors (Lipinski definition) is 3. The lowest BCUT2D eigenvalue weighted by molar-refractivity contribution is -0.155. The first-order chi connectivity index (χ1) is 11.4. The van der Waals surface area contributed by atoms with E-state index in [-0.39, 0.29) is 12.5 Å². The Balaban J connectivity index is 2.15. The number of para-hydroxylation sites is 1. The number of esters is 1. The molecule has 2 aromatic carbocycles. The molecule has 6 heteroatoms. The van der Waals surface area contributed by atoms with Crippen molar-refractivity contribution in [3.05, 3.63) is 52.9 Å². The second-order valence-electron chi connectivity index (χ2n) is 6.58. The Hall–Kier alpha value is -2.98. The van der Waals surface area contributed by atoms with E-state index in [0.717, 1.165) is 21.8 Å². The topological polar surface area (TPSA) is 80.0 Å². The van der Waals surface area contributed by atoms with Gasteiger partial charge in [-0.3, -0.25) is 4.79 Å². The molecule has 1 aromatic heterocycles. The third-order valence-corrected chi connectivity index (χ3v) is 3.62. The number of hydrogen-bond donors (Lipinski definition) is 0. The smallest absolute Gasteiger partial charge is 0.326 e. The Morgan fingerprint density at radius 3 is 2.58 bits per heavy atom. The van der Waals surface area contributed by atoms with Crippen LogP contribution in [0.15, 0.2) is 47.6 Å². The molecule has 0 bridgehead atoms. The Morgan fingerprint density at radius 2 is 1.88 bits per heavy atom. The van der Waals surface area contributed by atoms with Gasteiger partial charge in [0.2, 0.25) is 0 Å².